The van der Waals surface area contributed by atoms with Gasteiger partial charge in [-0.05, 0) is 139 Å². The number of carbonyl (C=O) groups is 18. The van der Waals surface area contributed by atoms with E-state index in [1.807, 2.05) is 0 Å². The van der Waals surface area contributed by atoms with Crippen LogP contribution in [0.15, 0.2) is 152 Å². The lowest BCUT2D eigenvalue weighted by Crippen LogP contribution is -2.61. The second-order valence-corrected chi connectivity index (χ2v) is 34.1. The van der Waals surface area contributed by atoms with Crippen molar-refractivity contribution in [2.24, 2.45) is 17.4 Å². The molecule has 764 valence electrons. The van der Waals surface area contributed by atoms with Crippen LogP contribution < -0.4 is 96.5 Å². The van der Waals surface area contributed by atoms with Crippen molar-refractivity contribution >= 4 is 149 Å². The highest BCUT2D eigenvalue weighted by atomic mass is 32.1. The number of thiol groups is 2. The number of aliphatic hydroxyl groups excluding tert-OH is 1. The molecule has 0 unspecified atom stereocenters. The summed E-state index contributed by atoms with van der Waals surface area (Å²) in [6.45, 7) is 3.37. The largest absolute Gasteiger partial charge is 0.508 e. The molecule has 15 amide bonds. The molecule has 0 aliphatic carbocycles. The highest BCUT2D eigenvalue weighted by Crippen LogP contribution is 2.23. The first-order valence-corrected chi connectivity index (χ1v) is 45.9. The van der Waals surface area contributed by atoms with Crippen LogP contribution in [0.25, 0.3) is 10.9 Å². The van der Waals surface area contributed by atoms with Gasteiger partial charge in [0.15, 0.2) is 5.96 Å². The van der Waals surface area contributed by atoms with Gasteiger partial charge in [0.1, 0.15) is 113 Å². The number of H-pyrrole nitrogens is 1. The van der Waals surface area contributed by atoms with Crippen LogP contribution in [-0.4, -0.2) is 285 Å². The quantitative estimate of drug-likeness (QED) is 0.00746. The summed E-state index contributed by atoms with van der Waals surface area (Å²) >= 11 is 8.44. The van der Waals surface area contributed by atoms with Gasteiger partial charge in [0, 0.05) is 67.3 Å². The number of hydrogen-bond acceptors (Lipinski definition) is 28. The monoisotopic (exact) mass is 2010 g/mol. The van der Waals surface area contributed by atoms with Gasteiger partial charge in [-0.2, -0.15) is 25.3 Å². The number of aromatic amines is 1. The van der Waals surface area contributed by atoms with E-state index in [2.05, 4.69) is 115 Å². The predicted octanol–water partition coefficient (Wildman–Crippen LogP) is -4.08. The van der Waals surface area contributed by atoms with Crippen LogP contribution in [0, 0.1) is 11.3 Å². The zero-order chi connectivity index (χ0) is 105. The maximum atomic E-state index is 14.9. The van der Waals surface area contributed by atoms with Gasteiger partial charge < -0.3 is 147 Å². The van der Waals surface area contributed by atoms with Gasteiger partial charge in [0.25, 0.3) is 0 Å². The smallest absolute Gasteiger partial charge is 0.326 e. The first-order valence-electron chi connectivity index (χ1n) is 44.6. The number of benzene rings is 6. The fourth-order valence-electron chi connectivity index (χ4n) is 14.2. The summed E-state index contributed by atoms with van der Waals surface area (Å²) in [5.41, 5.74) is 14.4. The number of carbonyl (C=O) groups excluding carboxylic acids is 15. The molecular weight excluding hydrogens is 1890 g/mol. The topological polar surface area (TPSA) is 773 Å². The molecule has 142 heavy (non-hydrogen) atoms. The van der Waals surface area contributed by atoms with Crippen LogP contribution in [0.4, 0.5) is 0 Å². The van der Waals surface area contributed by atoms with Crippen molar-refractivity contribution in [1.82, 2.24) is 90.1 Å². The molecule has 0 radical (unpaired) electrons. The van der Waals surface area contributed by atoms with Gasteiger partial charge in [-0.1, -0.05) is 99.1 Å². The number of para-hydroxylation sites is 1. The molecule has 1 aromatic heterocycles. The standard InChI is InChI=1S/C93H118N20O27S2/c1-5-46(2)77(91(138)101-48(4)79(126)104-65(35-51-16-26-57(117)27-17-51)86(133)112-73(45-142)90(137)109-70(92(139)140)38-54-41-98-62-10-7-6-9-60(54)62)113-74(120)42-99-81(128)68(39-75(121)122)107-84(131)66(36-52-18-28-58(118)29-19-52)106-87(134)69(40-76(123)124)108-85(132)67(37-53-20-30-59(119)31-21-53)105-83(130)64(34-50-14-24-56(116)25-15-50)103-78(125)47(3)100-88(135)71(43-114)110-82(129)63(11-8-32-97-93(95)96)102-89(136)72(44-141)111-80(127)61(94)33-49-12-22-55(115)23-13-49/h6-7,9-10,12-31,41,46-48,61,63-73,77,98,114-119,141-142H,5,8,11,32-40,42-45,94H2,1-4H3,(H,99,128)(H,100,135)(H,101,138)(H,102,136)(H,103,125)(H,104,126)(H,105,130)(H,106,134)(H,107,131)(H,108,132)(H,109,137)(H,110,129)(H,111,127)(H,112,133)(H,113,120)(H,121,122)(H,123,124)(H,139,140)(H4,95,96,97)/t46-,47-,48-,61-,63-,64-,65-,66-,67-,68-,69-,70-,71-,72-,73-,77-/m0/s1. The molecule has 31 N–H and O–H groups in total. The molecule has 49 heteroatoms. The Hall–Kier alpha value is -15.8. The average Bonchev–Trinajstić information content (AvgIpc) is 1.61. The maximum absolute atomic E-state index is 14.9. The van der Waals surface area contributed by atoms with E-state index in [1.54, 1.807) is 37.4 Å². The van der Waals surface area contributed by atoms with Crippen molar-refractivity contribution in [1.29, 1.82) is 5.41 Å². The Morgan fingerprint density at radius 3 is 1.10 bits per heavy atom. The highest BCUT2D eigenvalue weighted by molar-refractivity contribution is 7.80. The molecule has 0 aliphatic rings. The third kappa shape index (κ3) is 36.8. The number of nitrogens with two attached hydrogens (primary N) is 2. The Bertz CT molecular complexity index is 5610. The average molecular weight is 2010 g/mol. The molecule has 0 fully saturated rings. The SMILES string of the molecule is CC[C@H](C)[C@H](NC(=O)CNC(=O)[C@H](CC(=O)O)NC(=O)[C@H](Cc1ccc(O)cc1)NC(=O)[C@H](CC(=O)O)NC(=O)[C@H](Cc1ccc(O)cc1)NC(=O)[C@H](Cc1ccc(O)cc1)NC(=O)[C@H](C)NC(=O)[C@H](CO)NC(=O)[C@H](CCCNC(=N)N)NC(=O)[C@H](CS)NC(=O)[C@@H](N)Cc1ccc(O)cc1)C(=O)N[C@@H](C)C(=O)N[C@@H](Cc1ccc(O)cc1)C(=O)N[C@@H](CS)C(=O)N[C@@H](Cc1c[nH]c2ccccc12)C(=O)O. The molecule has 0 saturated carbocycles. The second kappa shape index (κ2) is 55.7. The molecule has 6 aromatic carbocycles. The van der Waals surface area contributed by atoms with Crippen molar-refractivity contribution in [2.45, 2.75) is 189 Å². The Labute approximate surface area is 823 Å². The Morgan fingerprint density at radius 1 is 0.373 bits per heavy atom. The summed E-state index contributed by atoms with van der Waals surface area (Å²) in [7, 11) is 0. The minimum Gasteiger partial charge on any atom is -0.508 e. The zero-order valence-corrected chi connectivity index (χ0v) is 79.2. The van der Waals surface area contributed by atoms with Crippen molar-refractivity contribution in [3.63, 3.8) is 0 Å². The number of guanidine groups is 1. The number of phenolic OH excluding ortho intramolecular Hbond substituents is 5. The van der Waals surface area contributed by atoms with E-state index in [4.69, 9.17) is 16.9 Å². The first kappa shape index (κ1) is 113. The van der Waals surface area contributed by atoms with E-state index in [0.717, 1.165) is 6.92 Å². The number of carboxylic acid groups (broad SMARTS) is 3. The number of nitrogens with one attached hydrogen (secondary N) is 18. The zero-order valence-electron chi connectivity index (χ0n) is 77.4. The molecule has 7 aromatic rings. The summed E-state index contributed by atoms with van der Waals surface area (Å²) < 4.78 is 0. The lowest BCUT2D eigenvalue weighted by Gasteiger charge is -2.28. The number of aromatic hydroxyl groups is 5. The van der Waals surface area contributed by atoms with Gasteiger partial charge in [-0.25, -0.2) is 4.79 Å². The number of aliphatic carboxylic acids is 3. The number of aliphatic hydroxyl groups is 1. The molecule has 47 nitrogen and oxygen atoms in total. The lowest BCUT2D eigenvalue weighted by atomic mass is 9.98. The number of phenols is 5. The molecule has 0 spiro atoms. The number of hydrogen-bond donors (Lipinski definition) is 31. The fraction of sp³-hybridized carbons (Fsp3) is 0.387. The van der Waals surface area contributed by atoms with Gasteiger partial charge >= 0.3 is 17.9 Å². The van der Waals surface area contributed by atoms with Crippen molar-refractivity contribution < 1.29 is 132 Å². The van der Waals surface area contributed by atoms with Gasteiger partial charge in [0.2, 0.25) is 88.6 Å². The summed E-state index contributed by atoms with van der Waals surface area (Å²) in [5, 5.41) is 138. The summed E-state index contributed by atoms with van der Waals surface area (Å²) in [5.74, 6) is -24.5. The van der Waals surface area contributed by atoms with Crippen LogP contribution in [0.2, 0.25) is 0 Å². The van der Waals surface area contributed by atoms with E-state index < -0.39 is 254 Å². The highest BCUT2D eigenvalue weighted by Gasteiger charge is 2.40. The van der Waals surface area contributed by atoms with Crippen LogP contribution >= 0.6 is 25.3 Å². The normalized spacial score (nSPS) is 14.4. The number of aromatic nitrogens is 1. The van der Waals surface area contributed by atoms with Crippen LogP contribution in [-0.2, 0) is 125 Å². The first-order chi connectivity index (χ1) is 67.3. The van der Waals surface area contributed by atoms with E-state index in [-0.39, 0.29) is 102 Å². The number of fused-ring (bicyclic) bond motifs is 1. The molecule has 0 aliphatic heterocycles. The minimum absolute atomic E-state index is 0.00374. The molecular formula is C93H118N20O27S2. The van der Waals surface area contributed by atoms with E-state index in [1.165, 1.54) is 135 Å². The molecule has 1 heterocycles. The third-order valence-electron chi connectivity index (χ3n) is 22.3. The Kier molecular flexibility index (Phi) is 44.4. The molecule has 0 saturated heterocycles. The van der Waals surface area contributed by atoms with Gasteiger partial charge in [0.05, 0.1) is 32.0 Å². The lowest BCUT2D eigenvalue weighted by molar-refractivity contribution is -0.142. The predicted molar refractivity (Wildman–Crippen MR) is 516 cm³/mol. The minimum atomic E-state index is -2.22. The second-order valence-electron chi connectivity index (χ2n) is 33.4. The van der Waals surface area contributed by atoms with Crippen molar-refractivity contribution in [3.8, 4) is 28.7 Å². The third-order valence-corrected chi connectivity index (χ3v) is 23.0. The van der Waals surface area contributed by atoms with E-state index in [0.29, 0.717) is 27.6 Å². The summed E-state index contributed by atoms with van der Waals surface area (Å²) in [4.78, 5) is 254. The number of carboxylic acids is 3. The summed E-state index contributed by atoms with van der Waals surface area (Å²) in [6, 6.07) is 8.26. The maximum Gasteiger partial charge on any atom is 0.326 e. The van der Waals surface area contributed by atoms with Crippen LogP contribution in [0.1, 0.15) is 93.2 Å². The molecule has 16 atom stereocenters. The number of rotatable bonds is 56. The van der Waals surface area contributed by atoms with Crippen LogP contribution in [0.3, 0.4) is 0 Å². The fourth-order valence-corrected chi connectivity index (χ4v) is 14.7. The van der Waals surface area contributed by atoms with Gasteiger partial charge in [-0.3, -0.25) is 86.9 Å². The number of amides is 15. The molecule has 7 rings (SSSR count). The van der Waals surface area contributed by atoms with Crippen molar-refractivity contribution in [3.05, 3.63) is 185 Å². The van der Waals surface area contributed by atoms with E-state index >= 15 is 0 Å². The Balaban J connectivity index is 1.04. The molecule has 0 bridgehead atoms. The van der Waals surface area contributed by atoms with Crippen molar-refractivity contribution in [2.75, 3.05) is 31.2 Å². The summed E-state index contributed by atoms with van der Waals surface area (Å²) in [6.07, 6.45) is -2.96. The van der Waals surface area contributed by atoms with Crippen LogP contribution in [0.5, 0.6) is 28.7 Å². The van der Waals surface area contributed by atoms with E-state index in [9.17, 15) is 132 Å². The van der Waals surface area contributed by atoms with Gasteiger partial charge in [-0.15, -0.1) is 0 Å². The Morgan fingerprint density at radius 2 is 0.704 bits per heavy atom.